The average molecular weight is 314 g/mol. The van der Waals surface area contributed by atoms with Crippen LogP contribution in [0.4, 0.5) is 5.69 Å². The predicted molar refractivity (Wildman–Crippen MR) is 78.7 cm³/mol. The lowest BCUT2D eigenvalue weighted by Crippen LogP contribution is -2.11. The largest absolute Gasteiger partial charge is 0.462 e. The van der Waals surface area contributed by atoms with Crippen LogP contribution in [0.3, 0.4) is 0 Å². The summed E-state index contributed by atoms with van der Waals surface area (Å²) >= 11 is 12.2. The van der Waals surface area contributed by atoms with Gasteiger partial charge < -0.3 is 10.5 Å². The summed E-state index contributed by atoms with van der Waals surface area (Å²) in [6.07, 6.45) is 1.58. The van der Waals surface area contributed by atoms with Crippen LogP contribution < -0.4 is 5.73 Å². The Balaban J connectivity index is 2.64. The van der Waals surface area contributed by atoms with Crippen molar-refractivity contribution in [3.8, 4) is 5.69 Å². The monoisotopic (exact) mass is 313 g/mol. The lowest BCUT2D eigenvalue weighted by atomic mass is 10.1. The lowest BCUT2D eigenvalue weighted by molar-refractivity contribution is 0.0526. The molecule has 0 amide bonds. The second kappa shape index (κ2) is 5.73. The molecule has 2 aromatic rings. The van der Waals surface area contributed by atoms with E-state index in [1.54, 1.807) is 26.1 Å². The summed E-state index contributed by atoms with van der Waals surface area (Å²) in [4.78, 5) is 12.0. The van der Waals surface area contributed by atoms with E-state index >= 15 is 0 Å². The van der Waals surface area contributed by atoms with Crippen LogP contribution in [0.25, 0.3) is 5.69 Å². The Morgan fingerprint density at radius 3 is 2.65 bits per heavy atom. The molecule has 0 aliphatic carbocycles. The average Bonchev–Trinajstić information content (AvgIpc) is 2.68. The molecular weight excluding hydrogens is 301 g/mol. The number of halogens is 2. The zero-order chi connectivity index (χ0) is 14.9. The molecular formula is C13H13Cl2N3O2. The minimum absolute atomic E-state index is 0.246. The van der Waals surface area contributed by atoms with Crippen molar-refractivity contribution in [3.05, 3.63) is 39.6 Å². The topological polar surface area (TPSA) is 70.1 Å². The van der Waals surface area contributed by atoms with E-state index in [1.165, 1.54) is 10.7 Å². The molecule has 106 valence electrons. The van der Waals surface area contributed by atoms with Crippen LogP contribution in [0, 0.1) is 6.92 Å². The van der Waals surface area contributed by atoms with E-state index in [9.17, 15) is 4.79 Å². The second-order valence-electron chi connectivity index (χ2n) is 4.13. The normalized spacial score (nSPS) is 10.6. The Hall–Kier alpha value is -1.72. The van der Waals surface area contributed by atoms with Crippen molar-refractivity contribution < 1.29 is 9.53 Å². The highest BCUT2D eigenvalue weighted by Crippen LogP contribution is 2.29. The van der Waals surface area contributed by atoms with Crippen LogP contribution in [-0.4, -0.2) is 22.4 Å². The Bertz CT molecular complexity index is 648. The van der Waals surface area contributed by atoms with Gasteiger partial charge in [0.25, 0.3) is 0 Å². The van der Waals surface area contributed by atoms with E-state index in [0.717, 1.165) is 0 Å². The first kappa shape index (κ1) is 14.7. The van der Waals surface area contributed by atoms with E-state index in [4.69, 9.17) is 33.7 Å². The molecule has 1 aromatic carbocycles. The fourth-order valence-corrected chi connectivity index (χ4v) is 2.22. The number of nitrogens with zero attached hydrogens (tertiary/aromatic N) is 2. The van der Waals surface area contributed by atoms with Crippen LogP contribution in [-0.2, 0) is 4.74 Å². The molecule has 0 spiro atoms. The van der Waals surface area contributed by atoms with Gasteiger partial charge in [-0.3, -0.25) is 0 Å². The summed E-state index contributed by atoms with van der Waals surface area (Å²) in [6, 6.07) is 3.05. The number of benzene rings is 1. The van der Waals surface area contributed by atoms with Gasteiger partial charge in [0.2, 0.25) is 0 Å². The maximum Gasteiger partial charge on any atom is 0.340 e. The van der Waals surface area contributed by atoms with E-state index in [1.807, 2.05) is 0 Å². The number of carbonyl (C=O) groups excluding carboxylic acids is 1. The molecule has 0 bridgehead atoms. The van der Waals surface area contributed by atoms with Gasteiger partial charge in [0, 0.05) is 11.9 Å². The van der Waals surface area contributed by atoms with Crippen LogP contribution >= 0.6 is 23.2 Å². The van der Waals surface area contributed by atoms with E-state index in [0.29, 0.717) is 27.1 Å². The van der Waals surface area contributed by atoms with Gasteiger partial charge in [-0.2, -0.15) is 5.10 Å². The van der Waals surface area contributed by atoms with Crippen molar-refractivity contribution in [2.24, 2.45) is 0 Å². The first-order valence-electron chi connectivity index (χ1n) is 5.92. The molecule has 0 saturated carbocycles. The molecule has 20 heavy (non-hydrogen) atoms. The van der Waals surface area contributed by atoms with Crippen LogP contribution in [0.1, 0.15) is 23.0 Å². The smallest absolute Gasteiger partial charge is 0.340 e. The first-order valence-corrected chi connectivity index (χ1v) is 6.68. The molecule has 0 aliphatic rings. The second-order valence-corrected chi connectivity index (χ2v) is 4.94. The summed E-state index contributed by atoms with van der Waals surface area (Å²) in [7, 11) is 0. The summed E-state index contributed by atoms with van der Waals surface area (Å²) in [5.74, 6) is -0.513. The molecule has 0 aliphatic heterocycles. The number of anilines is 1. The van der Waals surface area contributed by atoms with Gasteiger partial charge in [-0.15, -0.1) is 0 Å². The number of hydrogen-bond acceptors (Lipinski definition) is 4. The quantitative estimate of drug-likeness (QED) is 0.697. The Kier molecular flexibility index (Phi) is 4.20. The number of carbonyl (C=O) groups is 1. The number of aryl methyl sites for hydroxylation is 1. The molecule has 7 heteroatoms. The molecule has 0 radical (unpaired) electrons. The first-order chi connectivity index (χ1) is 9.43. The summed E-state index contributed by atoms with van der Waals surface area (Å²) < 4.78 is 6.46. The number of hydrogen-bond donors (Lipinski definition) is 1. The Morgan fingerprint density at radius 2 is 2.10 bits per heavy atom. The maximum absolute atomic E-state index is 12.0. The standard InChI is InChI=1S/C13H13Cl2N3O2/c1-3-20-13(19)9-4-8(16)5-10(14)12(9)18-6-11(15)7(2)17-18/h4-6H,3,16H2,1-2H3. The zero-order valence-electron chi connectivity index (χ0n) is 11.0. The van der Waals surface area contributed by atoms with Crippen LogP contribution in [0.2, 0.25) is 10.0 Å². The minimum atomic E-state index is -0.513. The van der Waals surface area contributed by atoms with Crippen LogP contribution in [0.5, 0.6) is 0 Å². The third-order valence-electron chi connectivity index (χ3n) is 2.65. The number of nitrogens with two attached hydrogens (primary N) is 1. The number of aromatic nitrogens is 2. The Labute approximate surface area is 126 Å². The predicted octanol–water partition coefficient (Wildman–Crippen LogP) is 3.25. The number of nitrogen functional groups attached to an aromatic ring is 1. The van der Waals surface area contributed by atoms with E-state index in [-0.39, 0.29) is 12.2 Å². The maximum atomic E-state index is 12.0. The fourth-order valence-electron chi connectivity index (χ4n) is 1.77. The molecule has 5 nitrogen and oxygen atoms in total. The molecule has 0 atom stereocenters. The van der Waals surface area contributed by atoms with Gasteiger partial charge in [-0.25, -0.2) is 9.48 Å². The van der Waals surface area contributed by atoms with Crippen molar-refractivity contribution in [3.63, 3.8) is 0 Å². The van der Waals surface area contributed by atoms with Crippen molar-refractivity contribution in [1.82, 2.24) is 9.78 Å². The highest BCUT2D eigenvalue weighted by atomic mass is 35.5. The highest BCUT2D eigenvalue weighted by Gasteiger charge is 2.19. The third kappa shape index (κ3) is 2.73. The van der Waals surface area contributed by atoms with Crippen molar-refractivity contribution in [2.45, 2.75) is 13.8 Å². The van der Waals surface area contributed by atoms with E-state index in [2.05, 4.69) is 5.10 Å². The molecule has 1 heterocycles. The number of esters is 1. The van der Waals surface area contributed by atoms with Crippen molar-refractivity contribution in [2.75, 3.05) is 12.3 Å². The van der Waals surface area contributed by atoms with Gasteiger partial charge in [0.15, 0.2) is 0 Å². The number of ether oxygens (including phenoxy) is 1. The molecule has 0 saturated heterocycles. The van der Waals surface area contributed by atoms with Crippen LogP contribution in [0.15, 0.2) is 18.3 Å². The summed E-state index contributed by atoms with van der Waals surface area (Å²) in [6.45, 7) is 3.73. The molecule has 0 unspecified atom stereocenters. The molecule has 1 aromatic heterocycles. The van der Waals surface area contributed by atoms with Gasteiger partial charge in [-0.1, -0.05) is 23.2 Å². The SMILES string of the molecule is CCOC(=O)c1cc(N)cc(Cl)c1-n1cc(Cl)c(C)n1. The third-order valence-corrected chi connectivity index (χ3v) is 3.31. The molecule has 2 rings (SSSR count). The van der Waals surface area contributed by atoms with Gasteiger partial charge in [0.1, 0.15) is 0 Å². The number of rotatable bonds is 3. The Morgan fingerprint density at radius 1 is 1.40 bits per heavy atom. The van der Waals surface area contributed by atoms with Gasteiger partial charge >= 0.3 is 5.97 Å². The van der Waals surface area contributed by atoms with Crippen molar-refractivity contribution >= 4 is 34.9 Å². The zero-order valence-corrected chi connectivity index (χ0v) is 12.5. The summed E-state index contributed by atoms with van der Waals surface area (Å²) in [5.41, 5.74) is 7.38. The molecule has 2 N–H and O–H groups in total. The van der Waals surface area contributed by atoms with Crippen molar-refractivity contribution in [1.29, 1.82) is 0 Å². The lowest BCUT2D eigenvalue weighted by Gasteiger charge is -2.12. The molecule has 0 fully saturated rings. The fraction of sp³-hybridized carbons (Fsp3) is 0.231. The highest BCUT2D eigenvalue weighted by molar-refractivity contribution is 6.33. The minimum Gasteiger partial charge on any atom is -0.462 e. The summed E-state index contributed by atoms with van der Waals surface area (Å²) in [5, 5.41) is 5.00. The van der Waals surface area contributed by atoms with Gasteiger partial charge in [-0.05, 0) is 26.0 Å². The van der Waals surface area contributed by atoms with E-state index < -0.39 is 5.97 Å². The van der Waals surface area contributed by atoms with Gasteiger partial charge in [0.05, 0.1) is 33.6 Å².